The number of anilines is 1. The molecule has 9 heteroatoms. The second-order valence-electron chi connectivity index (χ2n) is 6.84. The highest BCUT2D eigenvalue weighted by Crippen LogP contribution is 2.37. The molecule has 1 aliphatic rings. The third-order valence-corrected chi connectivity index (χ3v) is 8.33. The summed E-state index contributed by atoms with van der Waals surface area (Å²) in [5.74, 6) is -0.541. The van der Waals surface area contributed by atoms with Gasteiger partial charge in [-0.1, -0.05) is 29.8 Å². The highest BCUT2D eigenvalue weighted by Gasteiger charge is 2.29. The number of benzene rings is 2. The van der Waals surface area contributed by atoms with Crippen molar-refractivity contribution in [1.82, 2.24) is 5.32 Å². The molecule has 29 heavy (non-hydrogen) atoms. The van der Waals surface area contributed by atoms with E-state index in [1.54, 1.807) is 31.2 Å². The van der Waals surface area contributed by atoms with E-state index in [1.165, 1.54) is 30.8 Å². The van der Waals surface area contributed by atoms with E-state index in [0.717, 1.165) is 10.5 Å². The number of sulfone groups is 1. The van der Waals surface area contributed by atoms with Crippen LogP contribution >= 0.6 is 23.4 Å². The molecule has 0 spiro atoms. The van der Waals surface area contributed by atoms with Crippen LogP contribution in [0.5, 0.6) is 0 Å². The average molecular weight is 453 g/mol. The van der Waals surface area contributed by atoms with Gasteiger partial charge in [0.25, 0.3) is 0 Å². The lowest BCUT2D eigenvalue weighted by Gasteiger charge is -2.22. The van der Waals surface area contributed by atoms with E-state index >= 15 is 0 Å². The van der Waals surface area contributed by atoms with Gasteiger partial charge in [-0.25, -0.2) is 8.42 Å². The van der Waals surface area contributed by atoms with E-state index in [9.17, 15) is 18.0 Å². The highest BCUT2D eigenvalue weighted by atomic mass is 35.5. The number of amides is 2. The topological polar surface area (TPSA) is 92.3 Å². The SMILES string of the molecule is C[C@@H]1Sc2ccc(S(=O)(=O)[C@H](C)CC(=O)NCc3ccccc3Cl)cc2NC1=O. The number of halogens is 1. The minimum Gasteiger partial charge on any atom is -0.352 e. The van der Waals surface area contributed by atoms with Crippen molar-refractivity contribution in [1.29, 1.82) is 0 Å². The monoisotopic (exact) mass is 452 g/mol. The van der Waals surface area contributed by atoms with Crippen LogP contribution in [0, 0.1) is 0 Å². The standard InChI is InChI=1S/C20H21ClN2O4S2/c1-12(9-19(24)22-11-14-5-3-4-6-16(14)21)29(26,27)15-7-8-18-17(10-15)23-20(25)13(2)28-18/h3-8,10,12-13H,9,11H2,1-2H3,(H,22,24)(H,23,25)/t12-,13+/m1/s1. The van der Waals surface area contributed by atoms with Crippen molar-refractivity contribution in [2.24, 2.45) is 0 Å². The normalized spacial score (nSPS) is 17.2. The Morgan fingerprint density at radius 3 is 2.72 bits per heavy atom. The zero-order valence-electron chi connectivity index (χ0n) is 15.9. The van der Waals surface area contributed by atoms with Crippen LogP contribution in [0.15, 0.2) is 52.3 Å². The summed E-state index contributed by atoms with van der Waals surface area (Å²) in [6, 6.07) is 11.8. The molecule has 2 aromatic carbocycles. The van der Waals surface area contributed by atoms with Gasteiger partial charge in [-0.3, -0.25) is 9.59 Å². The van der Waals surface area contributed by atoms with Gasteiger partial charge in [-0.05, 0) is 43.7 Å². The van der Waals surface area contributed by atoms with Gasteiger partial charge in [0.2, 0.25) is 11.8 Å². The predicted octanol–water partition coefficient (Wildman–Crippen LogP) is 3.64. The van der Waals surface area contributed by atoms with E-state index < -0.39 is 15.1 Å². The molecule has 2 atom stereocenters. The molecule has 1 heterocycles. The zero-order chi connectivity index (χ0) is 21.2. The van der Waals surface area contributed by atoms with Crippen molar-refractivity contribution in [3.8, 4) is 0 Å². The van der Waals surface area contributed by atoms with E-state index in [-0.39, 0.29) is 34.9 Å². The molecule has 154 valence electrons. The zero-order valence-corrected chi connectivity index (χ0v) is 18.3. The van der Waals surface area contributed by atoms with Crippen LogP contribution in [0.2, 0.25) is 5.02 Å². The maximum absolute atomic E-state index is 12.9. The van der Waals surface area contributed by atoms with E-state index in [0.29, 0.717) is 10.7 Å². The van der Waals surface area contributed by atoms with Crippen LogP contribution in [-0.4, -0.2) is 30.7 Å². The molecule has 0 aliphatic carbocycles. The van der Waals surface area contributed by atoms with Gasteiger partial charge in [-0.2, -0.15) is 0 Å². The van der Waals surface area contributed by atoms with Crippen molar-refractivity contribution in [2.45, 2.75) is 47.1 Å². The number of rotatable bonds is 6. The van der Waals surface area contributed by atoms with Gasteiger partial charge >= 0.3 is 0 Å². The van der Waals surface area contributed by atoms with Crippen LogP contribution in [0.3, 0.4) is 0 Å². The minimum absolute atomic E-state index is 0.0816. The number of hydrogen-bond acceptors (Lipinski definition) is 5. The molecule has 0 saturated carbocycles. The summed E-state index contributed by atoms with van der Waals surface area (Å²) >= 11 is 7.45. The molecule has 3 rings (SSSR count). The largest absolute Gasteiger partial charge is 0.352 e. The van der Waals surface area contributed by atoms with Crippen molar-refractivity contribution < 1.29 is 18.0 Å². The van der Waals surface area contributed by atoms with Gasteiger partial charge in [-0.15, -0.1) is 11.8 Å². The van der Waals surface area contributed by atoms with Gasteiger partial charge in [0.05, 0.1) is 21.1 Å². The third-order valence-electron chi connectivity index (χ3n) is 4.65. The van der Waals surface area contributed by atoms with E-state index in [1.807, 2.05) is 6.07 Å². The first kappa shape index (κ1) is 21.7. The fourth-order valence-electron chi connectivity index (χ4n) is 2.88. The van der Waals surface area contributed by atoms with Crippen LogP contribution in [0.25, 0.3) is 0 Å². The fourth-order valence-corrected chi connectivity index (χ4v) is 5.38. The fraction of sp³-hybridized carbons (Fsp3) is 0.300. The number of hydrogen-bond donors (Lipinski definition) is 2. The smallest absolute Gasteiger partial charge is 0.237 e. The molecule has 0 aromatic heterocycles. The molecule has 6 nitrogen and oxygen atoms in total. The average Bonchev–Trinajstić information content (AvgIpc) is 2.67. The number of fused-ring (bicyclic) bond motifs is 1. The molecule has 2 aromatic rings. The maximum atomic E-state index is 12.9. The first-order valence-electron chi connectivity index (χ1n) is 9.04. The van der Waals surface area contributed by atoms with Crippen molar-refractivity contribution in [3.05, 3.63) is 53.1 Å². The lowest BCUT2D eigenvalue weighted by atomic mass is 10.2. The van der Waals surface area contributed by atoms with E-state index in [2.05, 4.69) is 10.6 Å². The van der Waals surface area contributed by atoms with Crippen LogP contribution in [0.4, 0.5) is 5.69 Å². The maximum Gasteiger partial charge on any atom is 0.237 e. The molecule has 2 N–H and O–H groups in total. The molecular formula is C20H21ClN2O4S2. The van der Waals surface area contributed by atoms with Crippen LogP contribution in [0.1, 0.15) is 25.8 Å². The Labute approximate surface area is 179 Å². The quantitative estimate of drug-likeness (QED) is 0.698. The summed E-state index contributed by atoms with van der Waals surface area (Å²) < 4.78 is 25.8. The van der Waals surface area contributed by atoms with Gasteiger partial charge in [0, 0.05) is 22.9 Å². The molecule has 0 saturated heterocycles. The summed E-state index contributed by atoms with van der Waals surface area (Å²) in [6.07, 6.45) is -0.179. The lowest BCUT2D eigenvalue weighted by Crippen LogP contribution is -2.30. The number of nitrogens with one attached hydrogen (secondary N) is 2. The predicted molar refractivity (Wildman–Crippen MR) is 115 cm³/mol. The first-order valence-corrected chi connectivity index (χ1v) is 11.8. The molecule has 2 amide bonds. The van der Waals surface area contributed by atoms with Crippen molar-refractivity contribution in [2.75, 3.05) is 5.32 Å². The van der Waals surface area contributed by atoms with Gasteiger partial charge < -0.3 is 10.6 Å². The Kier molecular flexibility index (Phi) is 6.55. The summed E-state index contributed by atoms with van der Waals surface area (Å²) in [7, 11) is -3.74. The van der Waals surface area contributed by atoms with Crippen molar-refractivity contribution >= 4 is 50.7 Å². The van der Waals surface area contributed by atoms with Crippen molar-refractivity contribution in [3.63, 3.8) is 0 Å². The number of thioether (sulfide) groups is 1. The third kappa shape index (κ3) is 4.94. The molecular weight excluding hydrogens is 432 g/mol. The Morgan fingerprint density at radius 1 is 1.28 bits per heavy atom. The molecule has 0 unspecified atom stereocenters. The second kappa shape index (κ2) is 8.77. The Balaban J connectivity index is 1.67. The molecule has 0 fully saturated rings. The molecule has 0 radical (unpaired) electrons. The molecule has 0 bridgehead atoms. The summed E-state index contributed by atoms with van der Waals surface area (Å²) in [5, 5.41) is 4.83. The highest BCUT2D eigenvalue weighted by molar-refractivity contribution is 8.01. The lowest BCUT2D eigenvalue weighted by molar-refractivity contribution is -0.121. The van der Waals surface area contributed by atoms with Crippen LogP contribution < -0.4 is 10.6 Å². The summed E-state index contributed by atoms with van der Waals surface area (Å²) in [6.45, 7) is 3.52. The first-order chi connectivity index (χ1) is 13.7. The minimum atomic E-state index is -3.74. The van der Waals surface area contributed by atoms with Crippen LogP contribution in [-0.2, 0) is 26.0 Å². The summed E-state index contributed by atoms with van der Waals surface area (Å²) in [5.41, 5.74) is 1.24. The Bertz CT molecular complexity index is 1060. The second-order valence-corrected chi connectivity index (χ2v) is 11.0. The Hall–Kier alpha value is -2.03. The Morgan fingerprint density at radius 2 is 2.00 bits per heavy atom. The summed E-state index contributed by atoms with van der Waals surface area (Å²) in [4.78, 5) is 25.0. The van der Waals surface area contributed by atoms with E-state index in [4.69, 9.17) is 11.6 Å². The number of carbonyl (C=O) groups is 2. The van der Waals surface area contributed by atoms with Gasteiger partial charge in [0.15, 0.2) is 9.84 Å². The van der Waals surface area contributed by atoms with Gasteiger partial charge in [0.1, 0.15) is 0 Å². The number of carbonyl (C=O) groups excluding carboxylic acids is 2. The molecule has 1 aliphatic heterocycles.